The highest BCUT2D eigenvalue weighted by molar-refractivity contribution is 5.36. The van der Waals surface area contributed by atoms with E-state index >= 15 is 0 Å². The van der Waals surface area contributed by atoms with Crippen LogP contribution in [-0.2, 0) is 13.6 Å². The predicted octanol–water partition coefficient (Wildman–Crippen LogP) is 1.95. The number of aryl methyl sites for hydroxylation is 1. The van der Waals surface area contributed by atoms with Gasteiger partial charge in [0.1, 0.15) is 12.1 Å². The molecular formula is C12H17N5. The molecule has 2 aromatic rings. The zero-order chi connectivity index (χ0) is 12.3. The third kappa shape index (κ3) is 3.03. The largest absolute Gasteiger partial charge is 0.364 e. The molecule has 90 valence electrons. The summed E-state index contributed by atoms with van der Waals surface area (Å²) in [6, 6.07) is 3.96. The van der Waals surface area contributed by atoms with Crippen LogP contribution in [0.5, 0.6) is 0 Å². The molecule has 2 heterocycles. The lowest BCUT2D eigenvalue weighted by Crippen LogP contribution is -2.04. The number of nitrogens with zero attached hydrogens (tertiary/aromatic N) is 4. The maximum atomic E-state index is 4.29. The Bertz CT molecular complexity index is 489. The molecule has 5 heteroatoms. The topological polar surface area (TPSA) is 55.6 Å². The van der Waals surface area contributed by atoms with Gasteiger partial charge < -0.3 is 5.32 Å². The lowest BCUT2D eigenvalue weighted by Gasteiger charge is -2.07. The van der Waals surface area contributed by atoms with Crippen LogP contribution in [-0.4, -0.2) is 19.7 Å². The Labute approximate surface area is 101 Å². The summed E-state index contributed by atoms with van der Waals surface area (Å²) in [6.45, 7) is 4.91. The van der Waals surface area contributed by atoms with Gasteiger partial charge in [-0.3, -0.25) is 4.68 Å². The summed E-state index contributed by atoms with van der Waals surface area (Å²) in [5.74, 6) is 1.25. The van der Waals surface area contributed by atoms with E-state index in [9.17, 15) is 0 Å². The Hall–Kier alpha value is -1.91. The van der Waals surface area contributed by atoms with E-state index in [2.05, 4.69) is 34.2 Å². The summed E-state index contributed by atoms with van der Waals surface area (Å²) in [5.41, 5.74) is 2.04. The van der Waals surface area contributed by atoms with E-state index in [1.807, 2.05) is 25.4 Å². The van der Waals surface area contributed by atoms with Crippen LogP contribution in [0, 0.1) is 0 Å². The summed E-state index contributed by atoms with van der Waals surface area (Å²) in [4.78, 5) is 8.41. The van der Waals surface area contributed by atoms with Crippen LogP contribution in [0.15, 0.2) is 24.7 Å². The van der Waals surface area contributed by atoms with E-state index in [1.165, 1.54) is 0 Å². The molecule has 0 spiro atoms. The van der Waals surface area contributed by atoms with E-state index in [-0.39, 0.29) is 0 Å². The summed E-state index contributed by atoms with van der Waals surface area (Å²) >= 11 is 0. The van der Waals surface area contributed by atoms with Gasteiger partial charge in [0.2, 0.25) is 0 Å². The van der Waals surface area contributed by atoms with Crippen molar-refractivity contribution in [3.8, 4) is 0 Å². The van der Waals surface area contributed by atoms with E-state index < -0.39 is 0 Å². The van der Waals surface area contributed by atoms with Crippen molar-refractivity contribution in [3.05, 3.63) is 36.0 Å². The lowest BCUT2D eigenvalue weighted by atomic mass is 10.1. The Morgan fingerprint density at radius 1 is 1.35 bits per heavy atom. The van der Waals surface area contributed by atoms with Gasteiger partial charge in [0.15, 0.2) is 0 Å². The second-order valence-corrected chi connectivity index (χ2v) is 4.32. The number of rotatable bonds is 4. The molecule has 5 nitrogen and oxygen atoms in total. The Morgan fingerprint density at radius 2 is 2.18 bits per heavy atom. The highest BCUT2D eigenvalue weighted by Crippen LogP contribution is 2.13. The molecule has 0 atom stereocenters. The fourth-order valence-electron chi connectivity index (χ4n) is 1.52. The minimum Gasteiger partial charge on any atom is -0.364 e. The van der Waals surface area contributed by atoms with Gasteiger partial charge in [0.25, 0.3) is 0 Å². The van der Waals surface area contributed by atoms with Crippen molar-refractivity contribution in [2.24, 2.45) is 7.05 Å². The fraction of sp³-hybridized carbons (Fsp3) is 0.417. The van der Waals surface area contributed by atoms with E-state index in [0.29, 0.717) is 12.5 Å². The molecular weight excluding hydrogens is 214 g/mol. The average Bonchev–Trinajstić information content (AvgIpc) is 2.73. The third-order valence-corrected chi connectivity index (χ3v) is 2.50. The Balaban J connectivity index is 2.01. The smallest absolute Gasteiger partial charge is 0.129 e. The van der Waals surface area contributed by atoms with Crippen molar-refractivity contribution in [3.63, 3.8) is 0 Å². The first kappa shape index (κ1) is 11.6. The van der Waals surface area contributed by atoms with Crippen LogP contribution in [0.25, 0.3) is 0 Å². The summed E-state index contributed by atoms with van der Waals surface area (Å²) in [5, 5.41) is 7.54. The zero-order valence-corrected chi connectivity index (χ0v) is 10.4. The first-order valence-corrected chi connectivity index (χ1v) is 5.69. The molecule has 0 saturated carbocycles. The zero-order valence-electron chi connectivity index (χ0n) is 10.4. The molecule has 0 aliphatic heterocycles. The summed E-state index contributed by atoms with van der Waals surface area (Å²) in [6.07, 6.45) is 3.52. The van der Waals surface area contributed by atoms with Crippen LogP contribution in [0.1, 0.15) is 31.2 Å². The quantitative estimate of drug-likeness (QED) is 0.873. The predicted molar refractivity (Wildman–Crippen MR) is 66.7 cm³/mol. The van der Waals surface area contributed by atoms with Crippen LogP contribution in [0.2, 0.25) is 0 Å². The van der Waals surface area contributed by atoms with Crippen molar-refractivity contribution >= 4 is 5.82 Å². The monoisotopic (exact) mass is 231 g/mol. The standard InChI is InChI=1S/C12H17N5/c1-9(2)11-6-12(15-8-14-11)13-7-10-4-5-17(3)16-10/h4-6,8-9H,7H2,1-3H3,(H,13,14,15). The molecule has 0 unspecified atom stereocenters. The van der Waals surface area contributed by atoms with Gasteiger partial charge in [-0.05, 0) is 12.0 Å². The van der Waals surface area contributed by atoms with Crippen LogP contribution >= 0.6 is 0 Å². The van der Waals surface area contributed by atoms with Gasteiger partial charge in [0, 0.05) is 25.0 Å². The summed E-state index contributed by atoms with van der Waals surface area (Å²) in [7, 11) is 1.91. The maximum absolute atomic E-state index is 4.29. The van der Waals surface area contributed by atoms with E-state index in [0.717, 1.165) is 17.2 Å². The SMILES string of the molecule is CC(C)c1cc(NCc2ccn(C)n2)ncn1. The van der Waals surface area contributed by atoms with Gasteiger partial charge in [-0.1, -0.05) is 13.8 Å². The molecule has 2 rings (SSSR count). The Morgan fingerprint density at radius 3 is 2.82 bits per heavy atom. The Kier molecular flexibility index (Phi) is 3.37. The molecule has 2 aromatic heterocycles. The molecule has 0 amide bonds. The minimum absolute atomic E-state index is 0.411. The molecule has 0 bridgehead atoms. The van der Waals surface area contributed by atoms with E-state index in [4.69, 9.17) is 0 Å². The van der Waals surface area contributed by atoms with Crippen molar-refractivity contribution in [2.75, 3.05) is 5.32 Å². The number of nitrogens with one attached hydrogen (secondary N) is 1. The first-order valence-electron chi connectivity index (χ1n) is 5.69. The van der Waals surface area contributed by atoms with Gasteiger partial charge in [-0.2, -0.15) is 5.10 Å². The van der Waals surface area contributed by atoms with Crippen LogP contribution in [0.3, 0.4) is 0 Å². The van der Waals surface area contributed by atoms with Crippen molar-refractivity contribution in [1.82, 2.24) is 19.7 Å². The number of hydrogen-bond donors (Lipinski definition) is 1. The van der Waals surface area contributed by atoms with Gasteiger partial charge in [-0.25, -0.2) is 9.97 Å². The molecule has 0 aliphatic rings. The average molecular weight is 231 g/mol. The fourth-order valence-corrected chi connectivity index (χ4v) is 1.52. The van der Waals surface area contributed by atoms with Crippen molar-refractivity contribution in [2.45, 2.75) is 26.3 Å². The molecule has 17 heavy (non-hydrogen) atoms. The third-order valence-electron chi connectivity index (χ3n) is 2.50. The van der Waals surface area contributed by atoms with Crippen molar-refractivity contribution < 1.29 is 0 Å². The highest BCUT2D eigenvalue weighted by Gasteiger charge is 2.03. The van der Waals surface area contributed by atoms with Gasteiger partial charge in [-0.15, -0.1) is 0 Å². The maximum Gasteiger partial charge on any atom is 0.129 e. The summed E-state index contributed by atoms with van der Waals surface area (Å²) < 4.78 is 1.79. The molecule has 0 saturated heterocycles. The first-order chi connectivity index (χ1) is 8.15. The molecule has 1 N–H and O–H groups in total. The molecule has 0 aliphatic carbocycles. The van der Waals surface area contributed by atoms with E-state index in [1.54, 1.807) is 11.0 Å². The molecule has 0 fully saturated rings. The van der Waals surface area contributed by atoms with Crippen LogP contribution in [0.4, 0.5) is 5.82 Å². The number of anilines is 1. The lowest BCUT2D eigenvalue weighted by molar-refractivity contribution is 0.746. The second kappa shape index (κ2) is 4.95. The molecule has 0 radical (unpaired) electrons. The van der Waals surface area contributed by atoms with Gasteiger partial charge in [0.05, 0.1) is 12.2 Å². The van der Waals surface area contributed by atoms with Crippen LogP contribution < -0.4 is 5.32 Å². The molecule has 0 aromatic carbocycles. The normalized spacial score (nSPS) is 10.8. The minimum atomic E-state index is 0.411. The second-order valence-electron chi connectivity index (χ2n) is 4.32. The highest BCUT2D eigenvalue weighted by atomic mass is 15.3. The number of aromatic nitrogens is 4. The van der Waals surface area contributed by atoms with Crippen molar-refractivity contribution in [1.29, 1.82) is 0 Å². The van der Waals surface area contributed by atoms with Gasteiger partial charge >= 0.3 is 0 Å². The number of hydrogen-bond acceptors (Lipinski definition) is 4.